The highest BCUT2D eigenvalue weighted by Gasteiger charge is 2.16. The number of fused-ring (bicyclic) bond motifs is 1. The van der Waals surface area contributed by atoms with E-state index in [-0.39, 0.29) is 11.5 Å². The zero-order valence-corrected chi connectivity index (χ0v) is 13.2. The minimum absolute atomic E-state index is 0.0124. The molecule has 1 aliphatic heterocycles. The number of carbonyl (C=O) groups is 1. The maximum absolute atomic E-state index is 12.3. The van der Waals surface area contributed by atoms with Crippen LogP contribution in [0.25, 0.3) is 10.9 Å². The smallest absolute Gasteiger partial charge is 0.252 e. The summed E-state index contributed by atoms with van der Waals surface area (Å²) in [7, 11) is 0. The van der Waals surface area contributed by atoms with Gasteiger partial charge in [0.2, 0.25) is 5.91 Å². The average Bonchev–Trinajstić information content (AvgIpc) is 2.73. The van der Waals surface area contributed by atoms with Gasteiger partial charge in [-0.3, -0.25) is 14.5 Å². The fourth-order valence-electron chi connectivity index (χ4n) is 2.85. The Balaban J connectivity index is 1.88. The molecule has 0 radical (unpaired) electrons. The number of nitrogens with one attached hydrogen (secondary N) is 2. The first-order valence-corrected chi connectivity index (χ1v) is 7.93. The average molecular weight is 315 g/mol. The molecule has 0 unspecified atom stereocenters. The van der Waals surface area contributed by atoms with Gasteiger partial charge in [0.1, 0.15) is 5.75 Å². The molecule has 0 spiro atoms. The molecular formula is C17H21N3O3. The molecule has 2 aromatic rings. The van der Waals surface area contributed by atoms with Crippen molar-refractivity contribution >= 4 is 16.8 Å². The van der Waals surface area contributed by atoms with Crippen molar-refractivity contribution < 1.29 is 9.53 Å². The van der Waals surface area contributed by atoms with Crippen LogP contribution in [0.5, 0.6) is 5.75 Å². The Labute approximate surface area is 134 Å². The van der Waals surface area contributed by atoms with E-state index >= 15 is 0 Å². The summed E-state index contributed by atoms with van der Waals surface area (Å²) in [6.45, 7) is 4.84. The summed E-state index contributed by atoms with van der Waals surface area (Å²) in [4.78, 5) is 28.8. The molecule has 0 bridgehead atoms. The van der Waals surface area contributed by atoms with Gasteiger partial charge in [-0.05, 0) is 37.6 Å². The van der Waals surface area contributed by atoms with Crippen molar-refractivity contribution in [1.82, 2.24) is 15.2 Å². The molecule has 1 saturated heterocycles. The largest absolute Gasteiger partial charge is 0.494 e. The summed E-state index contributed by atoms with van der Waals surface area (Å²) in [6.07, 6.45) is 0.895. The van der Waals surface area contributed by atoms with Crippen LogP contribution in [0.15, 0.2) is 29.1 Å². The van der Waals surface area contributed by atoms with Crippen LogP contribution in [0.1, 0.15) is 18.9 Å². The van der Waals surface area contributed by atoms with Crippen molar-refractivity contribution in [2.24, 2.45) is 0 Å². The third kappa shape index (κ3) is 3.71. The van der Waals surface area contributed by atoms with Gasteiger partial charge < -0.3 is 15.0 Å². The molecule has 6 heteroatoms. The van der Waals surface area contributed by atoms with E-state index in [0.717, 1.165) is 29.6 Å². The summed E-state index contributed by atoms with van der Waals surface area (Å²) < 4.78 is 5.51. The van der Waals surface area contributed by atoms with Crippen LogP contribution in [0, 0.1) is 0 Å². The second-order valence-electron chi connectivity index (χ2n) is 5.72. The molecule has 2 N–H and O–H groups in total. The first-order chi connectivity index (χ1) is 11.2. The Morgan fingerprint density at radius 3 is 2.96 bits per heavy atom. The zero-order chi connectivity index (χ0) is 16.2. The van der Waals surface area contributed by atoms with Crippen molar-refractivity contribution in [1.29, 1.82) is 0 Å². The van der Waals surface area contributed by atoms with Crippen molar-refractivity contribution in [3.05, 3.63) is 40.2 Å². The topological polar surface area (TPSA) is 74.4 Å². The van der Waals surface area contributed by atoms with Crippen LogP contribution >= 0.6 is 0 Å². The number of rotatable bonds is 4. The van der Waals surface area contributed by atoms with E-state index in [9.17, 15) is 9.59 Å². The number of aromatic nitrogens is 1. The second-order valence-corrected chi connectivity index (χ2v) is 5.72. The number of benzene rings is 1. The van der Waals surface area contributed by atoms with Gasteiger partial charge in [0, 0.05) is 36.1 Å². The fourth-order valence-corrected chi connectivity index (χ4v) is 2.85. The number of hydrogen-bond donors (Lipinski definition) is 2. The molecular weight excluding hydrogens is 294 g/mol. The Morgan fingerprint density at radius 2 is 2.13 bits per heavy atom. The standard InChI is InChI=1S/C17H21N3O3/c1-2-23-14-4-5-15-12(9-14)8-13(17(22)19-15)10-20-7-3-6-18-16(21)11-20/h4-5,8-9H,2-3,6-7,10-11H2,1H3,(H,18,21)(H,19,22). The molecule has 1 aromatic carbocycles. The molecule has 1 aliphatic rings. The van der Waals surface area contributed by atoms with E-state index in [1.807, 2.05) is 36.1 Å². The van der Waals surface area contributed by atoms with Gasteiger partial charge in [-0.25, -0.2) is 0 Å². The van der Waals surface area contributed by atoms with Gasteiger partial charge in [-0.2, -0.15) is 0 Å². The number of ether oxygens (including phenoxy) is 1. The number of H-pyrrole nitrogens is 1. The molecule has 3 rings (SSSR count). The van der Waals surface area contributed by atoms with Crippen LogP contribution in [0.2, 0.25) is 0 Å². The second kappa shape index (κ2) is 6.83. The molecule has 6 nitrogen and oxygen atoms in total. The highest BCUT2D eigenvalue weighted by molar-refractivity contribution is 5.80. The van der Waals surface area contributed by atoms with Gasteiger partial charge in [0.25, 0.3) is 5.56 Å². The van der Waals surface area contributed by atoms with Gasteiger partial charge in [-0.15, -0.1) is 0 Å². The van der Waals surface area contributed by atoms with Gasteiger partial charge in [0.15, 0.2) is 0 Å². The van der Waals surface area contributed by atoms with Crippen molar-refractivity contribution in [2.75, 3.05) is 26.2 Å². The SMILES string of the molecule is CCOc1ccc2[nH]c(=O)c(CN3CCCNC(=O)C3)cc2c1. The number of pyridine rings is 1. The van der Waals surface area contributed by atoms with Crippen LogP contribution in [0.3, 0.4) is 0 Å². The van der Waals surface area contributed by atoms with Crippen molar-refractivity contribution in [2.45, 2.75) is 19.9 Å². The van der Waals surface area contributed by atoms with Gasteiger partial charge in [0.05, 0.1) is 13.2 Å². The predicted molar refractivity (Wildman–Crippen MR) is 88.6 cm³/mol. The molecule has 2 heterocycles. The monoisotopic (exact) mass is 315 g/mol. The van der Waals surface area contributed by atoms with E-state index in [1.54, 1.807) is 0 Å². The number of hydrogen-bond acceptors (Lipinski definition) is 4. The molecule has 0 saturated carbocycles. The molecule has 1 aromatic heterocycles. The molecule has 1 fully saturated rings. The fraction of sp³-hybridized carbons (Fsp3) is 0.412. The summed E-state index contributed by atoms with van der Waals surface area (Å²) in [5.74, 6) is 0.797. The Bertz CT molecular complexity index is 769. The maximum atomic E-state index is 12.3. The van der Waals surface area contributed by atoms with Gasteiger partial charge in [-0.1, -0.05) is 0 Å². The predicted octanol–water partition coefficient (Wildman–Crippen LogP) is 1.25. The van der Waals surface area contributed by atoms with Crippen LogP contribution in [-0.4, -0.2) is 42.0 Å². The van der Waals surface area contributed by atoms with E-state index in [0.29, 0.717) is 31.8 Å². The minimum Gasteiger partial charge on any atom is -0.494 e. The number of nitrogens with zero attached hydrogens (tertiary/aromatic N) is 1. The Hall–Kier alpha value is -2.34. The molecule has 122 valence electrons. The zero-order valence-electron chi connectivity index (χ0n) is 13.2. The van der Waals surface area contributed by atoms with Crippen molar-refractivity contribution in [3.8, 4) is 5.75 Å². The van der Waals surface area contributed by atoms with Crippen LogP contribution in [-0.2, 0) is 11.3 Å². The number of amides is 1. The normalized spacial score (nSPS) is 16.1. The first-order valence-electron chi connectivity index (χ1n) is 7.93. The van der Waals surface area contributed by atoms with Crippen molar-refractivity contribution in [3.63, 3.8) is 0 Å². The number of aromatic amines is 1. The summed E-state index contributed by atoms with van der Waals surface area (Å²) in [6, 6.07) is 7.51. The number of carbonyl (C=O) groups excluding carboxylic acids is 1. The lowest BCUT2D eigenvalue weighted by Crippen LogP contribution is -2.34. The summed E-state index contributed by atoms with van der Waals surface area (Å²) >= 11 is 0. The third-order valence-corrected chi connectivity index (χ3v) is 3.94. The van der Waals surface area contributed by atoms with E-state index in [1.165, 1.54) is 0 Å². The molecule has 0 aliphatic carbocycles. The van der Waals surface area contributed by atoms with E-state index < -0.39 is 0 Å². The molecule has 23 heavy (non-hydrogen) atoms. The Morgan fingerprint density at radius 1 is 1.26 bits per heavy atom. The highest BCUT2D eigenvalue weighted by Crippen LogP contribution is 2.19. The lowest BCUT2D eigenvalue weighted by Gasteiger charge is -2.18. The van der Waals surface area contributed by atoms with Crippen LogP contribution < -0.4 is 15.6 Å². The Kier molecular flexibility index (Phi) is 4.62. The van der Waals surface area contributed by atoms with E-state index in [4.69, 9.17) is 4.74 Å². The molecule has 0 atom stereocenters. The minimum atomic E-state index is -0.105. The summed E-state index contributed by atoms with van der Waals surface area (Å²) in [5.41, 5.74) is 1.35. The van der Waals surface area contributed by atoms with Gasteiger partial charge >= 0.3 is 0 Å². The van der Waals surface area contributed by atoms with E-state index in [2.05, 4.69) is 10.3 Å². The quantitative estimate of drug-likeness (QED) is 0.890. The van der Waals surface area contributed by atoms with Crippen LogP contribution in [0.4, 0.5) is 0 Å². The first kappa shape index (κ1) is 15.6. The highest BCUT2D eigenvalue weighted by atomic mass is 16.5. The maximum Gasteiger partial charge on any atom is 0.252 e. The lowest BCUT2D eigenvalue weighted by atomic mass is 10.1. The third-order valence-electron chi connectivity index (χ3n) is 3.94. The molecule has 1 amide bonds. The lowest BCUT2D eigenvalue weighted by molar-refractivity contribution is -0.121. The summed E-state index contributed by atoms with van der Waals surface area (Å²) in [5, 5.41) is 3.78.